The molecule has 3 amide bonds. The van der Waals surface area contributed by atoms with Gasteiger partial charge in [-0.2, -0.15) is 0 Å². The Hall–Kier alpha value is -8.14. The average Bonchev–Trinajstić information content (AvgIpc) is 3.86. The molecule has 5 heterocycles. The lowest BCUT2D eigenvalue weighted by atomic mass is 9.65. The van der Waals surface area contributed by atoms with Gasteiger partial charge < -0.3 is 38.6 Å². The number of carbonyl (C=O) groups is 6. The number of phenols is 1. The van der Waals surface area contributed by atoms with Gasteiger partial charge >= 0.3 is 24.0 Å². The molecule has 0 radical (unpaired) electrons. The number of fused-ring (bicyclic) bond motifs is 3. The summed E-state index contributed by atoms with van der Waals surface area (Å²) in [6.45, 7) is 0.734. The Kier molecular flexibility index (Phi) is 13.8. The van der Waals surface area contributed by atoms with E-state index < -0.39 is 77.3 Å². The minimum Gasteiger partial charge on any atom is -0.508 e. The second-order valence-corrected chi connectivity index (χ2v) is 17.3. The van der Waals surface area contributed by atoms with Crippen LogP contribution >= 0.6 is 0 Å². The highest BCUT2D eigenvalue weighted by Crippen LogP contribution is 2.66. The molecule has 4 aliphatic heterocycles. The number of methoxy groups -OCH3 is 3. The summed E-state index contributed by atoms with van der Waals surface area (Å²) in [6.07, 6.45) is 0.945. The lowest BCUT2D eigenvalue weighted by molar-refractivity contribution is -0.179. The second-order valence-electron chi connectivity index (χ2n) is 17.3. The summed E-state index contributed by atoms with van der Waals surface area (Å²) >= 11 is 0. The number of morpholine rings is 1. The largest absolute Gasteiger partial charge is 0.508 e. The van der Waals surface area contributed by atoms with E-state index in [9.17, 15) is 19.5 Å². The summed E-state index contributed by atoms with van der Waals surface area (Å²) in [4.78, 5) is 103. The molecule has 0 bridgehead atoms. The lowest BCUT2D eigenvalue weighted by Gasteiger charge is -2.46. The molecule has 4 aromatic carbocycles. The fraction of sp³-hybridized carbons (Fsp3) is 0.321. The molecule has 5 aromatic rings. The Morgan fingerprint density at radius 3 is 2.06 bits per heavy atom. The molecule has 1 aromatic heterocycles. The summed E-state index contributed by atoms with van der Waals surface area (Å²) in [5.74, 6) is -0.524. The maximum Gasteiger partial charge on any atom is 0.421 e. The van der Waals surface area contributed by atoms with Crippen LogP contribution in [0.4, 0.5) is 16.4 Å². The van der Waals surface area contributed by atoms with Gasteiger partial charge in [0.2, 0.25) is 17.8 Å². The average molecular weight is 963 g/mol. The number of esters is 3. The van der Waals surface area contributed by atoms with E-state index in [2.05, 4.69) is 21.8 Å². The third kappa shape index (κ3) is 8.67. The minimum atomic E-state index is -2.14. The van der Waals surface area contributed by atoms with Crippen LogP contribution in [0.2, 0.25) is 0 Å². The van der Waals surface area contributed by atoms with Crippen LogP contribution in [0.5, 0.6) is 5.75 Å². The predicted molar refractivity (Wildman–Crippen MR) is 253 cm³/mol. The van der Waals surface area contributed by atoms with Gasteiger partial charge in [0.1, 0.15) is 29.9 Å². The third-order valence-corrected chi connectivity index (χ3v) is 13.6. The minimum absolute atomic E-state index is 0.0109. The van der Waals surface area contributed by atoms with E-state index in [1.54, 1.807) is 47.6 Å². The number of piperazine rings is 1. The van der Waals surface area contributed by atoms with Gasteiger partial charge in [-0.05, 0) is 58.7 Å². The van der Waals surface area contributed by atoms with Crippen molar-refractivity contribution < 1.29 is 57.6 Å². The highest BCUT2D eigenvalue weighted by molar-refractivity contribution is 6.23. The molecule has 364 valence electrons. The monoisotopic (exact) mass is 962 g/mol. The second kappa shape index (κ2) is 20.4. The summed E-state index contributed by atoms with van der Waals surface area (Å²) in [7, 11) is 3.72. The van der Waals surface area contributed by atoms with Crippen molar-refractivity contribution in [1.82, 2.24) is 19.8 Å². The molecule has 4 aliphatic rings. The fourth-order valence-electron chi connectivity index (χ4n) is 10.5. The first-order valence-corrected chi connectivity index (χ1v) is 23.0. The van der Waals surface area contributed by atoms with Crippen LogP contribution in [0.15, 0.2) is 122 Å². The number of rotatable bonds is 11. The number of hydrogen-bond donors (Lipinski definition) is 1. The molecule has 3 saturated heterocycles. The number of benzene rings is 4. The normalized spacial score (nSPS) is 22.5. The summed E-state index contributed by atoms with van der Waals surface area (Å²) in [6, 6.07) is 27.6. The number of anilines is 2. The summed E-state index contributed by atoms with van der Waals surface area (Å²) < 4.78 is 27.1. The van der Waals surface area contributed by atoms with E-state index in [4.69, 9.17) is 23.7 Å². The molecule has 3 fully saturated rings. The van der Waals surface area contributed by atoms with Crippen LogP contribution in [0, 0.1) is 23.7 Å². The van der Waals surface area contributed by atoms with Crippen molar-refractivity contribution in [3.63, 3.8) is 0 Å². The molecular weight excluding hydrogens is 913 g/mol. The van der Waals surface area contributed by atoms with E-state index in [1.807, 2.05) is 70.5 Å². The SMILES string of the molecule is COCCOC(=O)N1C(=O)[C@@]2(c3cc(C#CCC(C(=O)OC)C(=O)OC)ccc31)[C@H](c1ccc(O)cc1)N1[C@H](c3ccccc3)[C@H](c3ccccc3)OC(=O)[C@H]1[C@@H]2C(=O)N1CCN(c2ncccn2)CC1. The fourth-order valence-corrected chi connectivity index (χ4v) is 10.5. The zero-order chi connectivity index (χ0) is 49.8. The van der Waals surface area contributed by atoms with Crippen molar-refractivity contribution in [3.8, 4) is 17.6 Å². The molecule has 9 rings (SSSR count). The smallest absolute Gasteiger partial charge is 0.421 e. The van der Waals surface area contributed by atoms with Crippen LogP contribution in [-0.2, 0) is 53.1 Å². The molecule has 0 aliphatic carbocycles. The number of ether oxygens (including phenoxy) is 5. The molecule has 6 atom stereocenters. The van der Waals surface area contributed by atoms with Gasteiger partial charge in [0.25, 0.3) is 0 Å². The number of aromatic hydroxyl groups is 1. The van der Waals surface area contributed by atoms with Crippen LogP contribution < -0.4 is 9.80 Å². The Morgan fingerprint density at radius 2 is 1.42 bits per heavy atom. The molecule has 18 nitrogen and oxygen atoms in total. The standard InChI is InChI=1S/C53H50N6O12/c1-67-30-31-70-52(66)58-40-23-18-33(12-10-17-38(47(62)68-2)48(63)69-3)32-39(40)53(50(58)65)41(46(61)56-26-28-57(29-27-56)51-54-24-11-25-55-51)43-49(64)71-44(35-15-8-5-9-16-35)42(34-13-6-4-7-14-34)59(43)45(53)36-19-21-37(60)22-20-36/h4-9,11,13-16,18-25,32,38,41-45,60H,17,26-31H2,1-3H3/t41-,42-,43-,44+,45+,53-/m1/s1. The van der Waals surface area contributed by atoms with Gasteiger partial charge in [-0.25, -0.2) is 19.7 Å². The van der Waals surface area contributed by atoms with Crippen molar-refractivity contribution >= 4 is 47.5 Å². The number of aromatic nitrogens is 2. The first-order valence-electron chi connectivity index (χ1n) is 23.0. The zero-order valence-corrected chi connectivity index (χ0v) is 39.1. The van der Waals surface area contributed by atoms with E-state index in [0.717, 1.165) is 19.1 Å². The zero-order valence-electron chi connectivity index (χ0n) is 39.1. The van der Waals surface area contributed by atoms with E-state index in [1.165, 1.54) is 25.3 Å². The van der Waals surface area contributed by atoms with E-state index >= 15 is 14.4 Å². The number of carbonyl (C=O) groups excluding carboxylic acids is 6. The first-order chi connectivity index (χ1) is 34.5. The Bertz CT molecular complexity index is 2860. The Balaban J connectivity index is 1.30. The van der Waals surface area contributed by atoms with Crippen molar-refractivity contribution in [2.75, 3.05) is 70.5 Å². The first kappa shape index (κ1) is 47.9. The van der Waals surface area contributed by atoms with Crippen LogP contribution in [0.1, 0.15) is 52.4 Å². The maximum absolute atomic E-state index is 16.5. The number of amides is 3. The van der Waals surface area contributed by atoms with Gasteiger partial charge in [-0.3, -0.25) is 28.9 Å². The number of phenolic OH excluding ortho intramolecular Hbond substituents is 1. The van der Waals surface area contributed by atoms with Crippen molar-refractivity contribution in [2.24, 2.45) is 11.8 Å². The molecule has 0 saturated carbocycles. The number of hydrogen-bond acceptors (Lipinski definition) is 16. The molecule has 1 spiro atoms. The number of cyclic esters (lactones) is 1. The van der Waals surface area contributed by atoms with Crippen molar-refractivity contribution in [3.05, 3.63) is 149 Å². The van der Waals surface area contributed by atoms with E-state index in [-0.39, 0.29) is 55.3 Å². The van der Waals surface area contributed by atoms with Crippen LogP contribution in [-0.4, -0.2) is 127 Å². The molecule has 1 N–H and O–H groups in total. The summed E-state index contributed by atoms with van der Waals surface area (Å²) in [5, 5.41) is 10.8. The summed E-state index contributed by atoms with van der Waals surface area (Å²) in [5.41, 5.74) is 0.173. The molecular formula is C53H50N6O12. The number of nitrogens with zero attached hydrogens (tertiary/aromatic N) is 6. The van der Waals surface area contributed by atoms with Crippen LogP contribution in [0.3, 0.4) is 0 Å². The molecule has 0 unspecified atom stereocenters. The van der Waals surface area contributed by atoms with Gasteiger partial charge in [0, 0.05) is 57.7 Å². The van der Waals surface area contributed by atoms with E-state index in [0.29, 0.717) is 35.7 Å². The van der Waals surface area contributed by atoms with Gasteiger partial charge in [-0.15, -0.1) is 0 Å². The topological polar surface area (TPSA) is 208 Å². The Morgan fingerprint density at radius 1 is 0.775 bits per heavy atom. The van der Waals surface area contributed by atoms with Gasteiger partial charge in [-0.1, -0.05) is 84.6 Å². The Labute approximate surface area is 409 Å². The number of imide groups is 1. The predicted octanol–water partition coefficient (Wildman–Crippen LogP) is 4.68. The lowest BCUT2D eigenvalue weighted by Crippen LogP contribution is -2.59. The highest BCUT2D eigenvalue weighted by Gasteiger charge is 2.76. The van der Waals surface area contributed by atoms with Crippen molar-refractivity contribution in [1.29, 1.82) is 0 Å². The highest BCUT2D eigenvalue weighted by atomic mass is 16.6. The van der Waals surface area contributed by atoms with Crippen LogP contribution in [0.25, 0.3) is 0 Å². The molecule has 71 heavy (non-hydrogen) atoms. The third-order valence-electron chi connectivity index (χ3n) is 13.6. The quantitative estimate of drug-likeness (QED) is 0.0627. The maximum atomic E-state index is 16.5. The van der Waals surface area contributed by atoms with Crippen molar-refractivity contribution in [2.45, 2.75) is 36.1 Å². The van der Waals surface area contributed by atoms with Gasteiger partial charge in [0.15, 0.2) is 5.92 Å². The van der Waals surface area contributed by atoms with Gasteiger partial charge in [0.05, 0.1) is 44.5 Å². The molecule has 18 heteroatoms.